The number of ketones is 1. The Morgan fingerprint density at radius 3 is 2.45 bits per heavy atom. The van der Waals surface area contributed by atoms with Gasteiger partial charge in [-0.2, -0.15) is 0 Å². The van der Waals surface area contributed by atoms with E-state index in [1.807, 2.05) is 13.8 Å². The summed E-state index contributed by atoms with van der Waals surface area (Å²) in [6.07, 6.45) is -0.563. The number of amides is 1. The molecule has 0 saturated heterocycles. The van der Waals surface area contributed by atoms with E-state index < -0.39 is 18.0 Å². The summed E-state index contributed by atoms with van der Waals surface area (Å²) < 4.78 is 10.8. The number of rotatable bonds is 6. The van der Waals surface area contributed by atoms with Gasteiger partial charge in [0, 0.05) is 18.2 Å². The van der Waals surface area contributed by atoms with E-state index >= 15 is 0 Å². The van der Waals surface area contributed by atoms with Gasteiger partial charge in [-0.3, -0.25) is 14.5 Å². The summed E-state index contributed by atoms with van der Waals surface area (Å²) in [5.41, 5.74) is 0.878. The van der Waals surface area contributed by atoms with Gasteiger partial charge in [-0.05, 0) is 32.0 Å². The van der Waals surface area contributed by atoms with Gasteiger partial charge in [0.05, 0.1) is 17.8 Å². The number of hydrogen-bond acceptors (Lipinski definition) is 4. The van der Waals surface area contributed by atoms with Crippen LogP contribution in [-0.2, 0) is 14.3 Å². The van der Waals surface area contributed by atoms with Crippen molar-refractivity contribution in [1.82, 2.24) is 0 Å². The van der Waals surface area contributed by atoms with E-state index in [9.17, 15) is 9.59 Å². The van der Waals surface area contributed by atoms with Gasteiger partial charge in [-0.15, -0.1) is 0 Å². The Morgan fingerprint density at radius 1 is 1.20 bits per heavy atom. The van der Waals surface area contributed by atoms with Crippen molar-refractivity contribution in [3.63, 3.8) is 0 Å². The Balaban J connectivity index is 2.26. The molecule has 0 N–H and O–H groups in total. The first-order chi connectivity index (χ1) is 9.58. The first-order valence-corrected chi connectivity index (χ1v) is 6.85. The predicted molar refractivity (Wildman–Crippen MR) is 75.2 cm³/mol. The zero-order valence-corrected chi connectivity index (χ0v) is 12.1. The molecule has 1 aromatic rings. The Bertz CT molecular complexity index is 526. The normalized spacial score (nSPS) is 14.3. The quantitative estimate of drug-likeness (QED) is 0.597. The number of halogens is 1. The molecule has 108 valence electrons. The number of anilines is 1. The molecule has 0 spiro atoms. The average Bonchev–Trinajstić information content (AvgIpc) is 2.64. The molecule has 1 amide bonds. The monoisotopic (exact) mass is 297 g/mol. The van der Waals surface area contributed by atoms with Crippen molar-refractivity contribution in [3.8, 4) is 0 Å². The minimum Gasteiger partial charge on any atom is -0.351 e. The van der Waals surface area contributed by atoms with Crippen molar-refractivity contribution in [2.75, 3.05) is 24.7 Å². The minimum atomic E-state index is -0.577. The fraction of sp³-hybridized carbons (Fsp3) is 0.429. The number of hydrogen-bond donors (Lipinski definition) is 0. The highest BCUT2D eigenvalue weighted by molar-refractivity contribution is 6.52. The van der Waals surface area contributed by atoms with Crippen LogP contribution in [0.2, 0.25) is 5.02 Å². The molecule has 0 bridgehead atoms. The summed E-state index contributed by atoms with van der Waals surface area (Å²) in [5, 5.41) is 0.473. The molecule has 6 heteroatoms. The van der Waals surface area contributed by atoms with E-state index in [2.05, 4.69) is 0 Å². The number of Topliss-reactive ketones (excluding diaryl/α,β-unsaturated/α-hetero) is 1. The second kappa shape index (κ2) is 6.35. The average molecular weight is 298 g/mol. The molecular weight excluding hydrogens is 282 g/mol. The molecule has 0 aromatic heterocycles. The van der Waals surface area contributed by atoms with Crippen LogP contribution < -0.4 is 4.90 Å². The lowest BCUT2D eigenvalue weighted by molar-refractivity contribution is -0.134. The van der Waals surface area contributed by atoms with Crippen molar-refractivity contribution < 1.29 is 19.1 Å². The third kappa shape index (κ3) is 2.85. The highest BCUT2D eigenvalue weighted by Crippen LogP contribution is 2.31. The van der Waals surface area contributed by atoms with Crippen LogP contribution in [-0.4, -0.2) is 37.7 Å². The van der Waals surface area contributed by atoms with Gasteiger partial charge in [0.25, 0.3) is 11.7 Å². The van der Waals surface area contributed by atoms with E-state index in [0.29, 0.717) is 29.5 Å². The second-order valence-electron chi connectivity index (χ2n) is 4.25. The van der Waals surface area contributed by atoms with Crippen molar-refractivity contribution in [3.05, 3.63) is 28.8 Å². The summed E-state index contributed by atoms with van der Waals surface area (Å²) in [5.74, 6) is -1.10. The molecule has 1 aromatic carbocycles. The van der Waals surface area contributed by atoms with E-state index in [0.717, 1.165) is 0 Å². The predicted octanol–water partition coefficient (Wildman–Crippen LogP) is 2.27. The molecule has 1 aliphatic rings. The minimum absolute atomic E-state index is 0.166. The lowest BCUT2D eigenvalue weighted by atomic mass is 10.1. The van der Waals surface area contributed by atoms with Gasteiger partial charge in [0.15, 0.2) is 6.29 Å². The Labute approximate surface area is 122 Å². The number of ether oxygens (including phenoxy) is 2. The van der Waals surface area contributed by atoms with Gasteiger partial charge in [0.1, 0.15) is 0 Å². The van der Waals surface area contributed by atoms with Gasteiger partial charge in [0.2, 0.25) is 0 Å². The number of nitrogens with zero attached hydrogens (tertiary/aromatic N) is 1. The molecule has 0 saturated carbocycles. The molecular formula is C14H16ClNO4. The molecule has 0 radical (unpaired) electrons. The zero-order valence-electron chi connectivity index (χ0n) is 11.4. The van der Waals surface area contributed by atoms with Crippen LogP contribution in [0.4, 0.5) is 5.69 Å². The van der Waals surface area contributed by atoms with Gasteiger partial charge < -0.3 is 9.47 Å². The van der Waals surface area contributed by atoms with Crippen LogP contribution in [0.5, 0.6) is 0 Å². The lowest BCUT2D eigenvalue weighted by Crippen LogP contribution is -2.39. The van der Waals surface area contributed by atoms with E-state index in [-0.39, 0.29) is 6.54 Å². The van der Waals surface area contributed by atoms with Crippen molar-refractivity contribution in [1.29, 1.82) is 0 Å². The van der Waals surface area contributed by atoms with Gasteiger partial charge >= 0.3 is 0 Å². The Kier molecular flexibility index (Phi) is 4.75. The zero-order chi connectivity index (χ0) is 14.7. The van der Waals surface area contributed by atoms with Crippen molar-refractivity contribution >= 4 is 29.0 Å². The van der Waals surface area contributed by atoms with Gasteiger partial charge in [-0.25, -0.2) is 0 Å². The van der Waals surface area contributed by atoms with E-state index in [1.165, 1.54) is 4.90 Å². The molecule has 2 rings (SSSR count). The smallest absolute Gasteiger partial charge is 0.299 e. The van der Waals surface area contributed by atoms with Crippen LogP contribution in [0.1, 0.15) is 24.2 Å². The van der Waals surface area contributed by atoms with Crippen LogP contribution in [0, 0.1) is 0 Å². The van der Waals surface area contributed by atoms with Crippen LogP contribution in [0.3, 0.4) is 0 Å². The van der Waals surface area contributed by atoms with Crippen LogP contribution in [0.25, 0.3) is 0 Å². The molecule has 0 unspecified atom stereocenters. The van der Waals surface area contributed by atoms with Crippen LogP contribution >= 0.6 is 11.6 Å². The summed E-state index contributed by atoms with van der Waals surface area (Å²) in [6.45, 7) is 4.77. The maximum atomic E-state index is 12.0. The fourth-order valence-corrected chi connectivity index (χ4v) is 2.29. The van der Waals surface area contributed by atoms with Crippen molar-refractivity contribution in [2.24, 2.45) is 0 Å². The largest absolute Gasteiger partial charge is 0.351 e. The molecule has 20 heavy (non-hydrogen) atoms. The van der Waals surface area contributed by atoms with E-state index in [1.54, 1.807) is 18.2 Å². The SMILES string of the molecule is CCOC(CN1C(=O)C(=O)c2ccc(Cl)cc21)OCC. The molecule has 1 heterocycles. The van der Waals surface area contributed by atoms with Crippen LogP contribution in [0.15, 0.2) is 18.2 Å². The Hall–Kier alpha value is -1.43. The molecule has 0 fully saturated rings. The topological polar surface area (TPSA) is 55.8 Å². The fourth-order valence-electron chi connectivity index (χ4n) is 2.12. The maximum Gasteiger partial charge on any atom is 0.299 e. The van der Waals surface area contributed by atoms with Crippen molar-refractivity contribution in [2.45, 2.75) is 20.1 Å². The number of fused-ring (bicyclic) bond motifs is 1. The Morgan fingerprint density at radius 2 is 1.85 bits per heavy atom. The maximum absolute atomic E-state index is 12.0. The molecule has 0 aliphatic carbocycles. The summed E-state index contributed by atoms with van der Waals surface area (Å²) >= 11 is 5.93. The summed E-state index contributed by atoms with van der Waals surface area (Å²) in [6, 6.07) is 4.76. The third-order valence-corrected chi connectivity index (χ3v) is 3.21. The standard InChI is InChI=1S/C14H16ClNO4/c1-3-19-12(20-4-2)8-16-11-7-9(15)5-6-10(11)13(17)14(16)18/h5-7,12H,3-4,8H2,1-2H3. The number of carbonyl (C=O) groups is 2. The summed E-state index contributed by atoms with van der Waals surface area (Å²) in [4.78, 5) is 25.3. The first-order valence-electron chi connectivity index (χ1n) is 6.47. The van der Waals surface area contributed by atoms with Gasteiger partial charge in [-0.1, -0.05) is 11.6 Å². The first kappa shape index (κ1) is 15.0. The highest BCUT2D eigenvalue weighted by atomic mass is 35.5. The second-order valence-corrected chi connectivity index (χ2v) is 4.68. The molecule has 1 aliphatic heterocycles. The summed E-state index contributed by atoms with van der Waals surface area (Å²) in [7, 11) is 0. The lowest BCUT2D eigenvalue weighted by Gasteiger charge is -2.23. The third-order valence-electron chi connectivity index (χ3n) is 2.97. The van der Waals surface area contributed by atoms with E-state index in [4.69, 9.17) is 21.1 Å². The number of carbonyl (C=O) groups excluding carboxylic acids is 2. The number of benzene rings is 1. The molecule has 0 atom stereocenters. The molecule has 5 nitrogen and oxygen atoms in total. The highest BCUT2D eigenvalue weighted by Gasteiger charge is 2.37.